The number of nitrogens with one attached hydrogen (secondary N) is 2. The number of hydrogen-bond donors (Lipinski definition) is 2. The lowest BCUT2D eigenvalue weighted by Crippen LogP contribution is -2.36. The van der Waals surface area contributed by atoms with Crippen molar-refractivity contribution in [2.75, 3.05) is 20.2 Å². The van der Waals surface area contributed by atoms with E-state index >= 15 is 0 Å². The molecule has 0 radical (unpaired) electrons. The minimum absolute atomic E-state index is 0.0245. The number of hydrogen-bond acceptors (Lipinski definition) is 4. The number of benzene rings is 1. The second-order valence-corrected chi connectivity index (χ2v) is 5.82. The van der Waals surface area contributed by atoms with Gasteiger partial charge < -0.3 is 10.1 Å². The predicted octanol–water partition coefficient (Wildman–Crippen LogP) is 0.474. The zero-order chi connectivity index (χ0) is 13.2. The highest BCUT2D eigenvalue weighted by Gasteiger charge is 2.23. The summed E-state index contributed by atoms with van der Waals surface area (Å²) in [5, 5.41) is 3.05. The van der Waals surface area contributed by atoms with E-state index in [0.29, 0.717) is 6.54 Å². The van der Waals surface area contributed by atoms with Crippen LogP contribution in [-0.2, 0) is 10.0 Å². The third-order valence-electron chi connectivity index (χ3n) is 2.82. The molecule has 7 heteroatoms. The van der Waals surface area contributed by atoms with Gasteiger partial charge in [-0.2, -0.15) is 0 Å². The Morgan fingerprint density at radius 2 is 2.28 bits per heavy atom. The maximum atomic E-state index is 13.5. The zero-order valence-corrected chi connectivity index (χ0v) is 10.8. The Bertz CT molecular complexity index is 527. The van der Waals surface area contributed by atoms with Gasteiger partial charge in [-0.15, -0.1) is 0 Å². The van der Waals surface area contributed by atoms with Gasteiger partial charge in [0.05, 0.1) is 12.0 Å². The summed E-state index contributed by atoms with van der Waals surface area (Å²) in [6.45, 7) is 1.38. The smallest absolute Gasteiger partial charge is 0.240 e. The molecular formula is C11H15FN2O3S. The van der Waals surface area contributed by atoms with Crippen molar-refractivity contribution in [2.24, 2.45) is 0 Å². The van der Waals surface area contributed by atoms with E-state index < -0.39 is 15.8 Å². The molecule has 0 saturated carbocycles. The fraction of sp³-hybridized carbons (Fsp3) is 0.455. The van der Waals surface area contributed by atoms with Crippen molar-refractivity contribution in [1.29, 1.82) is 0 Å². The Kier molecular flexibility index (Phi) is 3.84. The Hall–Kier alpha value is -1.18. The molecule has 1 aliphatic rings. The lowest BCUT2D eigenvalue weighted by atomic mass is 10.3. The van der Waals surface area contributed by atoms with Crippen molar-refractivity contribution in [2.45, 2.75) is 17.4 Å². The highest BCUT2D eigenvalue weighted by atomic mass is 32.2. The fourth-order valence-corrected chi connectivity index (χ4v) is 3.14. The minimum atomic E-state index is -3.68. The van der Waals surface area contributed by atoms with Gasteiger partial charge in [0, 0.05) is 12.6 Å². The van der Waals surface area contributed by atoms with E-state index in [1.54, 1.807) is 0 Å². The summed E-state index contributed by atoms with van der Waals surface area (Å²) in [5.74, 6) is -0.665. The molecule has 1 saturated heterocycles. The van der Waals surface area contributed by atoms with Crippen LogP contribution in [0.4, 0.5) is 4.39 Å². The molecule has 18 heavy (non-hydrogen) atoms. The normalized spacial score (nSPS) is 20.0. The third kappa shape index (κ3) is 2.80. The lowest BCUT2D eigenvalue weighted by molar-refractivity contribution is 0.385. The Morgan fingerprint density at radius 3 is 2.83 bits per heavy atom. The predicted molar refractivity (Wildman–Crippen MR) is 64.5 cm³/mol. The SMILES string of the molecule is COc1ccc(S(=O)(=O)NC2CCNC2)cc1F. The van der Waals surface area contributed by atoms with Crippen LogP contribution in [0.2, 0.25) is 0 Å². The van der Waals surface area contributed by atoms with Crippen LogP contribution in [0.5, 0.6) is 5.75 Å². The standard InChI is InChI=1S/C11H15FN2O3S/c1-17-11-3-2-9(6-10(11)12)18(15,16)14-8-4-5-13-7-8/h2-3,6,8,13-14H,4-5,7H2,1H3. The summed E-state index contributed by atoms with van der Waals surface area (Å²) < 4.78 is 44.7. The lowest BCUT2D eigenvalue weighted by Gasteiger charge is -2.12. The quantitative estimate of drug-likeness (QED) is 0.838. The summed E-state index contributed by atoms with van der Waals surface area (Å²) in [4.78, 5) is -0.0901. The fourth-order valence-electron chi connectivity index (χ4n) is 1.86. The van der Waals surface area contributed by atoms with E-state index in [1.807, 2.05) is 0 Å². The molecule has 1 aromatic carbocycles. The molecule has 0 aliphatic carbocycles. The van der Waals surface area contributed by atoms with Crippen molar-refractivity contribution < 1.29 is 17.5 Å². The minimum Gasteiger partial charge on any atom is -0.494 e. The molecular weight excluding hydrogens is 259 g/mol. The van der Waals surface area contributed by atoms with Crippen molar-refractivity contribution in [3.8, 4) is 5.75 Å². The number of sulfonamides is 1. The Morgan fingerprint density at radius 1 is 1.50 bits per heavy atom. The molecule has 2 rings (SSSR count). The monoisotopic (exact) mass is 274 g/mol. The topological polar surface area (TPSA) is 67.4 Å². The van der Waals surface area contributed by atoms with Gasteiger partial charge in [0.2, 0.25) is 10.0 Å². The number of methoxy groups -OCH3 is 1. The van der Waals surface area contributed by atoms with Crippen LogP contribution in [0.25, 0.3) is 0 Å². The largest absolute Gasteiger partial charge is 0.494 e. The van der Waals surface area contributed by atoms with Crippen molar-refractivity contribution in [3.63, 3.8) is 0 Å². The summed E-state index contributed by atoms with van der Waals surface area (Å²) in [6, 6.07) is 3.45. The molecule has 1 aliphatic heterocycles. The first-order chi connectivity index (χ1) is 8.53. The van der Waals surface area contributed by atoms with Gasteiger partial charge in [-0.25, -0.2) is 17.5 Å². The van der Waals surface area contributed by atoms with E-state index in [-0.39, 0.29) is 16.7 Å². The van der Waals surface area contributed by atoms with Crippen molar-refractivity contribution >= 4 is 10.0 Å². The van der Waals surface area contributed by atoms with Gasteiger partial charge in [-0.05, 0) is 31.2 Å². The van der Waals surface area contributed by atoms with Crippen LogP contribution < -0.4 is 14.8 Å². The summed E-state index contributed by atoms with van der Waals surface area (Å²) in [6.07, 6.45) is 0.734. The molecule has 0 amide bonds. The zero-order valence-electron chi connectivity index (χ0n) is 9.94. The number of halogens is 1. The van der Waals surface area contributed by atoms with Crippen LogP contribution in [0, 0.1) is 5.82 Å². The van der Waals surface area contributed by atoms with Crippen LogP contribution in [0.3, 0.4) is 0 Å². The van der Waals surface area contributed by atoms with Gasteiger partial charge >= 0.3 is 0 Å². The molecule has 5 nitrogen and oxygen atoms in total. The molecule has 0 bridgehead atoms. The maximum Gasteiger partial charge on any atom is 0.240 e. The van der Waals surface area contributed by atoms with Crippen LogP contribution in [0.1, 0.15) is 6.42 Å². The van der Waals surface area contributed by atoms with E-state index in [2.05, 4.69) is 10.0 Å². The first-order valence-electron chi connectivity index (χ1n) is 5.59. The van der Waals surface area contributed by atoms with Crippen LogP contribution in [0.15, 0.2) is 23.1 Å². The molecule has 1 unspecified atom stereocenters. The summed E-state index contributed by atoms with van der Waals surface area (Å²) in [7, 11) is -2.35. The molecule has 1 fully saturated rings. The summed E-state index contributed by atoms with van der Waals surface area (Å²) in [5.41, 5.74) is 0. The number of ether oxygens (including phenoxy) is 1. The van der Waals surface area contributed by atoms with Crippen LogP contribution >= 0.6 is 0 Å². The van der Waals surface area contributed by atoms with E-state index in [4.69, 9.17) is 4.74 Å². The van der Waals surface area contributed by atoms with Gasteiger partial charge in [0.1, 0.15) is 0 Å². The van der Waals surface area contributed by atoms with Gasteiger partial charge in [0.25, 0.3) is 0 Å². The van der Waals surface area contributed by atoms with E-state index in [1.165, 1.54) is 19.2 Å². The molecule has 0 aromatic heterocycles. The molecule has 100 valence electrons. The van der Waals surface area contributed by atoms with Gasteiger partial charge in [-0.3, -0.25) is 0 Å². The Labute approximate surface area is 105 Å². The van der Waals surface area contributed by atoms with Gasteiger partial charge in [0.15, 0.2) is 11.6 Å². The van der Waals surface area contributed by atoms with Crippen LogP contribution in [-0.4, -0.2) is 34.7 Å². The maximum absolute atomic E-state index is 13.5. The summed E-state index contributed by atoms with van der Waals surface area (Å²) >= 11 is 0. The highest BCUT2D eigenvalue weighted by Crippen LogP contribution is 2.20. The molecule has 1 atom stereocenters. The molecule has 1 heterocycles. The second kappa shape index (κ2) is 5.21. The first kappa shape index (κ1) is 13.3. The van der Waals surface area contributed by atoms with E-state index in [0.717, 1.165) is 19.0 Å². The Balaban J connectivity index is 2.21. The molecule has 1 aromatic rings. The van der Waals surface area contributed by atoms with Gasteiger partial charge in [-0.1, -0.05) is 0 Å². The average molecular weight is 274 g/mol. The molecule has 2 N–H and O–H groups in total. The number of rotatable bonds is 4. The van der Waals surface area contributed by atoms with Crippen molar-refractivity contribution in [3.05, 3.63) is 24.0 Å². The first-order valence-corrected chi connectivity index (χ1v) is 7.08. The third-order valence-corrected chi connectivity index (χ3v) is 4.33. The highest BCUT2D eigenvalue weighted by molar-refractivity contribution is 7.89. The second-order valence-electron chi connectivity index (χ2n) is 4.11. The van der Waals surface area contributed by atoms with E-state index in [9.17, 15) is 12.8 Å². The average Bonchev–Trinajstić information content (AvgIpc) is 2.81. The molecule has 0 spiro atoms. The van der Waals surface area contributed by atoms with Crippen molar-refractivity contribution in [1.82, 2.24) is 10.0 Å².